The van der Waals surface area contributed by atoms with Gasteiger partial charge in [-0.15, -0.1) is 0 Å². The Labute approximate surface area is 138 Å². The van der Waals surface area contributed by atoms with Crippen molar-refractivity contribution in [2.75, 3.05) is 5.32 Å². The monoisotopic (exact) mass is 320 g/mol. The van der Waals surface area contributed by atoms with Crippen molar-refractivity contribution in [1.82, 2.24) is 0 Å². The van der Waals surface area contributed by atoms with Crippen molar-refractivity contribution in [3.05, 3.63) is 77.8 Å². The van der Waals surface area contributed by atoms with Gasteiger partial charge in [-0.25, -0.2) is 4.39 Å². The van der Waals surface area contributed by atoms with Gasteiger partial charge >= 0.3 is 0 Å². The number of benzene rings is 2. The summed E-state index contributed by atoms with van der Waals surface area (Å²) in [6.07, 6.45) is 0.318. The molecule has 0 bridgehead atoms. The van der Waals surface area contributed by atoms with Crippen LogP contribution in [0.15, 0.2) is 65.1 Å². The topological polar surface area (TPSA) is 66.0 Å². The number of halogens is 1. The van der Waals surface area contributed by atoms with Crippen LogP contribution in [0.4, 0.5) is 10.1 Å². The van der Waals surface area contributed by atoms with Crippen molar-refractivity contribution in [1.29, 1.82) is 5.26 Å². The molecule has 0 unspecified atom stereocenters. The number of anilines is 1. The van der Waals surface area contributed by atoms with Crippen LogP contribution in [0.2, 0.25) is 0 Å². The van der Waals surface area contributed by atoms with Crippen molar-refractivity contribution in [2.24, 2.45) is 0 Å². The van der Waals surface area contributed by atoms with Crippen LogP contribution in [0.3, 0.4) is 0 Å². The number of rotatable bonds is 4. The van der Waals surface area contributed by atoms with E-state index in [2.05, 4.69) is 11.4 Å². The summed E-state index contributed by atoms with van der Waals surface area (Å²) in [5, 5.41) is 11.3. The molecule has 4 nitrogen and oxygen atoms in total. The molecule has 0 aliphatic heterocycles. The molecule has 24 heavy (non-hydrogen) atoms. The van der Waals surface area contributed by atoms with Gasteiger partial charge in [0.25, 0.3) is 5.91 Å². The van der Waals surface area contributed by atoms with E-state index in [1.165, 1.54) is 12.1 Å². The van der Waals surface area contributed by atoms with E-state index in [0.717, 1.165) is 5.56 Å². The molecule has 5 heteroatoms. The predicted octanol–water partition coefficient (Wildman–Crippen LogP) is 4.40. The Hall–Kier alpha value is -3.39. The van der Waals surface area contributed by atoms with Crippen LogP contribution in [0, 0.1) is 17.1 Å². The third kappa shape index (κ3) is 3.33. The van der Waals surface area contributed by atoms with E-state index in [-0.39, 0.29) is 5.76 Å². The van der Waals surface area contributed by atoms with E-state index in [9.17, 15) is 9.18 Å². The van der Waals surface area contributed by atoms with Gasteiger partial charge in [0.1, 0.15) is 11.6 Å². The van der Waals surface area contributed by atoms with Gasteiger partial charge in [0.2, 0.25) is 0 Å². The number of furan rings is 1. The summed E-state index contributed by atoms with van der Waals surface area (Å²) >= 11 is 0. The highest BCUT2D eigenvalue weighted by Crippen LogP contribution is 2.25. The molecule has 2 aromatic carbocycles. The molecule has 3 aromatic rings. The van der Waals surface area contributed by atoms with Gasteiger partial charge in [0.15, 0.2) is 5.76 Å². The van der Waals surface area contributed by atoms with Crippen molar-refractivity contribution in [3.63, 3.8) is 0 Å². The average Bonchev–Trinajstić information content (AvgIpc) is 3.07. The second-order valence-electron chi connectivity index (χ2n) is 5.13. The first kappa shape index (κ1) is 15.5. The van der Waals surface area contributed by atoms with E-state index >= 15 is 0 Å². The summed E-state index contributed by atoms with van der Waals surface area (Å²) < 4.78 is 19.2. The summed E-state index contributed by atoms with van der Waals surface area (Å²) in [6, 6.07) is 18.3. The third-order valence-corrected chi connectivity index (χ3v) is 3.46. The number of carbonyl (C=O) groups excluding carboxylic acids is 1. The van der Waals surface area contributed by atoms with Gasteiger partial charge in [-0.2, -0.15) is 5.26 Å². The third-order valence-electron chi connectivity index (χ3n) is 3.46. The Bertz CT molecular complexity index is 908. The highest BCUT2D eigenvalue weighted by atomic mass is 19.1. The molecule has 1 amide bonds. The van der Waals surface area contributed by atoms with Crippen molar-refractivity contribution in [3.8, 4) is 17.4 Å². The highest BCUT2D eigenvalue weighted by molar-refractivity contribution is 6.02. The van der Waals surface area contributed by atoms with Crippen LogP contribution in [-0.2, 0) is 6.42 Å². The Morgan fingerprint density at radius 1 is 1.08 bits per heavy atom. The maximum Gasteiger partial charge on any atom is 0.291 e. The zero-order valence-corrected chi connectivity index (χ0v) is 12.6. The van der Waals surface area contributed by atoms with Gasteiger partial charge in [-0.1, -0.05) is 24.3 Å². The molecule has 0 aliphatic rings. The molecule has 1 heterocycles. The zero-order valence-electron chi connectivity index (χ0n) is 12.6. The number of nitrogens with one attached hydrogen (secondary N) is 1. The van der Waals surface area contributed by atoms with Gasteiger partial charge in [0.05, 0.1) is 18.1 Å². The second-order valence-corrected chi connectivity index (χ2v) is 5.13. The molecule has 1 aromatic heterocycles. The molecular formula is C19H13FN2O2. The Morgan fingerprint density at radius 3 is 2.54 bits per heavy atom. The molecule has 0 atom stereocenters. The molecule has 0 fully saturated rings. The summed E-state index contributed by atoms with van der Waals surface area (Å²) in [5.41, 5.74) is 1.76. The van der Waals surface area contributed by atoms with Crippen molar-refractivity contribution in [2.45, 2.75) is 6.42 Å². The van der Waals surface area contributed by atoms with Crippen LogP contribution in [0.25, 0.3) is 11.3 Å². The first-order valence-electron chi connectivity index (χ1n) is 7.29. The maximum atomic E-state index is 13.7. The van der Waals surface area contributed by atoms with Crippen LogP contribution < -0.4 is 5.32 Å². The number of carbonyl (C=O) groups is 1. The fourth-order valence-electron chi connectivity index (χ4n) is 2.26. The lowest BCUT2D eigenvalue weighted by molar-refractivity contribution is 0.0997. The fraction of sp³-hybridized carbons (Fsp3) is 0.0526. The minimum absolute atomic E-state index is 0.0920. The number of hydrogen-bond donors (Lipinski definition) is 1. The molecule has 0 saturated carbocycles. The lowest BCUT2D eigenvalue weighted by atomic mass is 10.1. The Morgan fingerprint density at radius 2 is 1.83 bits per heavy atom. The van der Waals surface area contributed by atoms with Gasteiger partial charge in [-0.3, -0.25) is 4.79 Å². The molecule has 0 spiro atoms. The SMILES string of the molecule is N#CCc1ccc(NC(=O)c2ccc(-c3ccccc3F)o2)cc1. The lowest BCUT2D eigenvalue weighted by Crippen LogP contribution is -2.10. The quantitative estimate of drug-likeness (QED) is 0.774. The van der Waals surface area contributed by atoms with E-state index in [4.69, 9.17) is 9.68 Å². The molecule has 0 radical (unpaired) electrons. The highest BCUT2D eigenvalue weighted by Gasteiger charge is 2.14. The fourth-order valence-corrected chi connectivity index (χ4v) is 2.26. The van der Waals surface area contributed by atoms with Gasteiger partial charge in [0, 0.05) is 5.69 Å². The van der Waals surface area contributed by atoms with Crippen LogP contribution in [-0.4, -0.2) is 5.91 Å². The average molecular weight is 320 g/mol. The Balaban J connectivity index is 1.74. The molecule has 0 saturated heterocycles. The summed E-state index contributed by atoms with van der Waals surface area (Å²) in [7, 11) is 0. The van der Waals surface area contributed by atoms with E-state index in [1.54, 1.807) is 48.5 Å². The molecular weight excluding hydrogens is 307 g/mol. The molecule has 1 N–H and O–H groups in total. The maximum absolute atomic E-state index is 13.7. The molecule has 3 rings (SSSR count). The first-order valence-corrected chi connectivity index (χ1v) is 7.29. The Kier molecular flexibility index (Phi) is 4.39. The number of hydrogen-bond acceptors (Lipinski definition) is 3. The minimum atomic E-state index is -0.425. The predicted molar refractivity (Wildman–Crippen MR) is 87.8 cm³/mol. The largest absolute Gasteiger partial charge is 0.451 e. The normalized spacial score (nSPS) is 10.2. The van der Waals surface area contributed by atoms with Gasteiger partial charge < -0.3 is 9.73 Å². The van der Waals surface area contributed by atoms with Crippen molar-refractivity contribution < 1.29 is 13.6 Å². The van der Waals surface area contributed by atoms with Crippen LogP contribution >= 0.6 is 0 Å². The summed E-state index contributed by atoms with van der Waals surface area (Å²) in [6.45, 7) is 0. The number of nitriles is 1. The lowest BCUT2D eigenvalue weighted by Gasteiger charge is -2.04. The van der Waals surface area contributed by atoms with E-state index < -0.39 is 11.7 Å². The molecule has 118 valence electrons. The van der Waals surface area contributed by atoms with Crippen LogP contribution in [0.5, 0.6) is 0 Å². The van der Waals surface area contributed by atoms with Gasteiger partial charge in [-0.05, 0) is 42.0 Å². The number of amides is 1. The van der Waals surface area contributed by atoms with E-state index in [1.807, 2.05) is 0 Å². The first-order chi connectivity index (χ1) is 11.7. The number of nitrogens with zero attached hydrogens (tertiary/aromatic N) is 1. The standard InChI is InChI=1S/C19H13FN2O2/c20-16-4-2-1-3-15(16)17-9-10-18(24-17)19(23)22-14-7-5-13(6-8-14)11-12-21/h1-10H,11H2,(H,22,23). The van der Waals surface area contributed by atoms with E-state index in [0.29, 0.717) is 23.4 Å². The minimum Gasteiger partial charge on any atom is -0.451 e. The van der Waals surface area contributed by atoms with Crippen molar-refractivity contribution >= 4 is 11.6 Å². The van der Waals surface area contributed by atoms with Crippen LogP contribution in [0.1, 0.15) is 16.1 Å². The smallest absolute Gasteiger partial charge is 0.291 e. The molecule has 0 aliphatic carbocycles. The second kappa shape index (κ2) is 6.80. The summed E-state index contributed by atoms with van der Waals surface area (Å²) in [4.78, 5) is 12.2. The summed E-state index contributed by atoms with van der Waals surface area (Å²) in [5.74, 6) is -0.450. The zero-order chi connectivity index (χ0) is 16.9.